The molecule has 2 aromatic rings. The first-order valence-electron chi connectivity index (χ1n) is 10.4. The highest BCUT2D eigenvalue weighted by molar-refractivity contribution is 7.53. The molecule has 0 amide bonds. The van der Waals surface area contributed by atoms with Gasteiger partial charge in [-0.15, -0.1) is 0 Å². The van der Waals surface area contributed by atoms with Gasteiger partial charge in [-0.3, -0.25) is 13.9 Å². The van der Waals surface area contributed by atoms with Crippen LogP contribution in [0.4, 0.5) is 0 Å². The molecule has 0 aliphatic heterocycles. The number of hydrogen-bond acceptors (Lipinski definition) is 7. The van der Waals surface area contributed by atoms with Crippen LogP contribution >= 0.6 is 15.4 Å². The van der Waals surface area contributed by atoms with Crippen LogP contribution in [0.3, 0.4) is 0 Å². The van der Waals surface area contributed by atoms with Crippen molar-refractivity contribution in [2.24, 2.45) is 7.05 Å². The fraction of sp³-hybridized carbons (Fsp3) is 0.524. The Bertz CT molecular complexity index is 954. The van der Waals surface area contributed by atoms with Gasteiger partial charge in [0.25, 0.3) is 5.56 Å². The van der Waals surface area contributed by atoms with Gasteiger partial charge in [-0.25, -0.2) is 4.98 Å². The van der Waals surface area contributed by atoms with Crippen LogP contribution in [0.15, 0.2) is 41.2 Å². The topological polar surface area (TPSA) is 96.7 Å². The Morgan fingerprint density at radius 2 is 1.74 bits per heavy atom. The van der Waals surface area contributed by atoms with Crippen molar-refractivity contribution in [3.05, 3.63) is 52.6 Å². The van der Waals surface area contributed by atoms with E-state index in [1.54, 1.807) is 20.9 Å². The van der Waals surface area contributed by atoms with E-state index < -0.39 is 21.1 Å². The van der Waals surface area contributed by atoms with Crippen LogP contribution in [0.1, 0.15) is 38.7 Å². The lowest BCUT2D eigenvalue weighted by Crippen LogP contribution is -2.24. The number of aromatic nitrogens is 2. The molecule has 170 valence electrons. The number of nitrogens with zero attached hydrogens (tertiary/aromatic N) is 2. The Morgan fingerprint density at radius 3 is 2.32 bits per heavy atom. The van der Waals surface area contributed by atoms with Gasteiger partial charge in [0, 0.05) is 31.7 Å². The third-order valence-corrected chi connectivity index (χ3v) is 8.37. The van der Waals surface area contributed by atoms with Gasteiger partial charge in [0.05, 0.1) is 25.1 Å². The number of ether oxygens (including phenoxy) is 1. The molecule has 0 fully saturated rings. The summed E-state index contributed by atoms with van der Waals surface area (Å²) in [5.74, 6) is 0.367. The second-order valence-corrected chi connectivity index (χ2v) is 10.7. The van der Waals surface area contributed by atoms with Crippen molar-refractivity contribution in [1.29, 1.82) is 0 Å². The fourth-order valence-electron chi connectivity index (χ4n) is 3.13. The first-order valence-corrected chi connectivity index (χ1v) is 13.6. The SMILES string of the molecule is CCOC[P+](=O)C(CCP(=O)(OCC)OCC)c1nc(-c2ccccc2)cc(=O)n1C. The second kappa shape index (κ2) is 12.4. The van der Waals surface area contributed by atoms with Gasteiger partial charge in [-0.05, 0) is 20.8 Å². The Morgan fingerprint density at radius 1 is 1.10 bits per heavy atom. The molecular formula is C21H31N2O6P2+. The van der Waals surface area contributed by atoms with Crippen LogP contribution in [0, 0.1) is 0 Å². The van der Waals surface area contributed by atoms with Gasteiger partial charge in [-0.2, -0.15) is 0 Å². The summed E-state index contributed by atoms with van der Waals surface area (Å²) < 4.78 is 43.6. The number of rotatable bonds is 13. The summed E-state index contributed by atoms with van der Waals surface area (Å²) in [7, 11) is -3.68. The molecule has 0 aliphatic carbocycles. The van der Waals surface area contributed by atoms with E-state index in [1.807, 2.05) is 37.3 Å². The average Bonchev–Trinajstić information content (AvgIpc) is 2.76. The zero-order valence-electron chi connectivity index (χ0n) is 18.5. The van der Waals surface area contributed by atoms with E-state index in [1.165, 1.54) is 10.6 Å². The molecule has 2 atom stereocenters. The third-order valence-electron chi connectivity index (χ3n) is 4.64. The van der Waals surface area contributed by atoms with Gasteiger partial charge >= 0.3 is 15.4 Å². The molecule has 0 aliphatic rings. The van der Waals surface area contributed by atoms with E-state index >= 15 is 0 Å². The molecule has 1 aromatic carbocycles. The molecule has 1 heterocycles. The summed E-state index contributed by atoms with van der Waals surface area (Å²) in [5.41, 5.74) is 0.388. The predicted octanol–water partition coefficient (Wildman–Crippen LogP) is 4.97. The van der Waals surface area contributed by atoms with E-state index in [0.29, 0.717) is 18.1 Å². The normalized spacial score (nSPS) is 13.2. The van der Waals surface area contributed by atoms with E-state index in [4.69, 9.17) is 13.8 Å². The molecule has 8 nitrogen and oxygen atoms in total. The third kappa shape index (κ3) is 7.16. The molecular weight excluding hydrogens is 438 g/mol. The lowest BCUT2D eigenvalue weighted by atomic mass is 10.1. The molecule has 0 bridgehead atoms. The highest BCUT2D eigenvalue weighted by Crippen LogP contribution is 2.52. The summed E-state index contributed by atoms with van der Waals surface area (Å²) in [4.78, 5) is 17.4. The van der Waals surface area contributed by atoms with Crippen molar-refractivity contribution in [2.75, 3.05) is 32.3 Å². The van der Waals surface area contributed by atoms with Crippen LogP contribution < -0.4 is 5.56 Å². The van der Waals surface area contributed by atoms with Crippen molar-refractivity contribution >= 4 is 15.4 Å². The Hall–Kier alpha value is -1.69. The van der Waals surface area contributed by atoms with E-state index in [2.05, 4.69) is 4.98 Å². The van der Waals surface area contributed by atoms with Crippen molar-refractivity contribution in [2.45, 2.75) is 32.9 Å². The molecule has 0 saturated heterocycles. The van der Waals surface area contributed by atoms with Gasteiger partial charge in [0.1, 0.15) is 0 Å². The lowest BCUT2D eigenvalue weighted by molar-refractivity contribution is 0.192. The molecule has 2 unspecified atom stereocenters. The average molecular weight is 469 g/mol. The monoisotopic (exact) mass is 469 g/mol. The lowest BCUT2D eigenvalue weighted by Gasteiger charge is -2.18. The zero-order valence-corrected chi connectivity index (χ0v) is 20.3. The Kier molecular flexibility index (Phi) is 10.2. The molecule has 0 spiro atoms. The minimum atomic E-state index is -3.34. The van der Waals surface area contributed by atoms with Crippen LogP contribution in [-0.4, -0.2) is 41.9 Å². The van der Waals surface area contributed by atoms with Crippen molar-refractivity contribution < 1.29 is 22.9 Å². The molecule has 0 radical (unpaired) electrons. The highest BCUT2D eigenvalue weighted by Gasteiger charge is 2.38. The minimum absolute atomic E-state index is 0.0233. The smallest absolute Gasteiger partial charge is 0.338 e. The summed E-state index contributed by atoms with van der Waals surface area (Å²) >= 11 is 0. The van der Waals surface area contributed by atoms with Crippen molar-refractivity contribution in [3.63, 3.8) is 0 Å². The molecule has 0 N–H and O–H groups in total. The summed E-state index contributed by atoms with van der Waals surface area (Å²) in [6.45, 7) is 6.21. The van der Waals surface area contributed by atoms with Crippen molar-refractivity contribution in [3.8, 4) is 11.3 Å². The minimum Gasteiger partial charge on any atom is -0.338 e. The molecule has 2 rings (SSSR count). The predicted molar refractivity (Wildman–Crippen MR) is 122 cm³/mol. The van der Waals surface area contributed by atoms with E-state index in [9.17, 15) is 13.9 Å². The van der Waals surface area contributed by atoms with Gasteiger partial charge in [-0.1, -0.05) is 34.9 Å². The number of benzene rings is 1. The summed E-state index contributed by atoms with van der Waals surface area (Å²) in [6.07, 6.45) is 0.311. The van der Waals surface area contributed by atoms with Gasteiger partial charge < -0.3 is 13.8 Å². The molecule has 1 aromatic heterocycles. The first-order chi connectivity index (χ1) is 14.8. The Balaban J connectivity index is 2.46. The van der Waals surface area contributed by atoms with Gasteiger partial charge in [0.15, 0.2) is 5.82 Å². The highest BCUT2D eigenvalue weighted by atomic mass is 31.2. The summed E-state index contributed by atoms with van der Waals surface area (Å²) in [5, 5.41) is 0. The maximum atomic E-state index is 13.1. The fourth-order valence-corrected chi connectivity index (χ4v) is 6.47. The maximum absolute atomic E-state index is 13.1. The van der Waals surface area contributed by atoms with Crippen LogP contribution in [0.5, 0.6) is 0 Å². The number of hydrogen-bond donors (Lipinski definition) is 0. The largest absolute Gasteiger partial charge is 0.378 e. The Labute approximate surface area is 184 Å². The molecule has 10 heteroatoms. The van der Waals surface area contributed by atoms with Gasteiger partial charge in [0.2, 0.25) is 12.0 Å². The summed E-state index contributed by atoms with van der Waals surface area (Å²) in [6, 6.07) is 10.8. The van der Waals surface area contributed by atoms with Crippen molar-refractivity contribution in [1.82, 2.24) is 9.55 Å². The zero-order chi connectivity index (χ0) is 22.9. The first kappa shape index (κ1) is 25.6. The van der Waals surface area contributed by atoms with Crippen LogP contribution in [0.25, 0.3) is 11.3 Å². The maximum Gasteiger partial charge on any atom is 0.378 e. The standard InChI is InChI=1S/C21H31N2O6P2/c1-5-27-16-30(25)19(13-14-31(26,28-6-2)29-7-3)21-22-18(15-20(24)23(21)4)17-11-9-8-10-12-17/h8-12,15,19H,5-7,13-14,16H2,1-4H3/q+1. The van der Waals surface area contributed by atoms with Crippen LogP contribution in [0.2, 0.25) is 0 Å². The second-order valence-electron chi connectivity index (χ2n) is 6.78. The van der Waals surface area contributed by atoms with Crippen LogP contribution in [-0.2, 0) is 30.0 Å². The van der Waals surface area contributed by atoms with E-state index in [0.717, 1.165) is 5.56 Å². The quantitative estimate of drug-likeness (QED) is 0.382. The molecule has 0 saturated carbocycles. The van der Waals surface area contributed by atoms with E-state index in [-0.39, 0.29) is 37.7 Å². The molecule has 31 heavy (non-hydrogen) atoms.